The van der Waals surface area contributed by atoms with Crippen LogP contribution in [0.2, 0.25) is 0 Å². The molecule has 0 spiro atoms. The van der Waals surface area contributed by atoms with E-state index in [0.717, 1.165) is 32.3 Å². The molecule has 2 aromatic carbocycles. The second-order valence-electron chi connectivity index (χ2n) is 4.68. The Bertz CT molecular complexity index is 774. The third-order valence-electron chi connectivity index (χ3n) is 3.31. The number of imidazole rings is 1. The first kappa shape index (κ1) is 12.2. The van der Waals surface area contributed by atoms with Crippen LogP contribution in [-0.4, -0.2) is 9.55 Å². The minimum atomic E-state index is 0.523. The Morgan fingerprint density at radius 2 is 1.89 bits per heavy atom. The monoisotopic (exact) mass is 315 g/mol. The molecule has 0 fully saturated rings. The summed E-state index contributed by atoms with van der Waals surface area (Å²) in [5, 5.41) is 0. The van der Waals surface area contributed by atoms with E-state index in [1.807, 2.05) is 35.8 Å². The van der Waals surface area contributed by atoms with Gasteiger partial charge in [-0.3, -0.25) is 4.57 Å². The van der Waals surface area contributed by atoms with Crippen LogP contribution in [0.1, 0.15) is 11.1 Å². The number of anilines is 1. The van der Waals surface area contributed by atoms with Gasteiger partial charge < -0.3 is 5.73 Å². The van der Waals surface area contributed by atoms with E-state index >= 15 is 0 Å². The highest BCUT2D eigenvalue weighted by atomic mass is 79.9. The molecule has 3 aromatic rings. The quantitative estimate of drug-likeness (QED) is 0.738. The van der Waals surface area contributed by atoms with Crippen LogP contribution in [0.15, 0.2) is 40.9 Å². The van der Waals surface area contributed by atoms with Crippen LogP contribution in [-0.2, 0) is 0 Å². The smallest absolute Gasteiger partial charge is 0.205 e. The summed E-state index contributed by atoms with van der Waals surface area (Å²) in [5.74, 6) is 0.523. The maximum absolute atomic E-state index is 6.10. The molecule has 0 aliphatic rings. The summed E-state index contributed by atoms with van der Waals surface area (Å²) < 4.78 is 3.07. The molecule has 0 amide bonds. The van der Waals surface area contributed by atoms with Gasteiger partial charge in [0.05, 0.1) is 16.7 Å². The number of aromatic nitrogens is 2. The molecule has 2 N–H and O–H groups in total. The fourth-order valence-electron chi connectivity index (χ4n) is 2.38. The second-order valence-corrected chi connectivity index (χ2v) is 5.59. The van der Waals surface area contributed by atoms with Gasteiger partial charge in [0, 0.05) is 4.47 Å². The highest BCUT2D eigenvalue weighted by Gasteiger charge is 2.12. The molecule has 4 heteroatoms. The van der Waals surface area contributed by atoms with Crippen LogP contribution in [0, 0.1) is 13.8 Å². The predicted octanol–water partition coefficient (Wildman–Crippen LogP) is 3.99. The topological polar surface area (TPSA) is 43.8 Å². The number of hydrogen-bond donors (Lipinski definition) is 1. The average molecular weight is 316 g/mol. The Kier molecular flexibility index (Phi) is 2.82. The zero-order valence-electron chi connectivity index (χ0n) is 10.8. The van der Waals surface area contributed by atoms with Crippen molar-refractivity contribution < 1.29 is 0 Å². The number of fused-ring (bicyclic) bond motifs is 1. The Balaban J connectivity index is 2.36. The standard InChI is InChI=1S/C15H14BrN3/c1-9-4-3-5-13-14(9)18-15(17)19(13)12-7-6-11(16)8-10(12)2/h3-8H,1-2H3,(H2,17,18). The largest absolute Gasteiger partial charge is 0.369 e. The van der Waals surface area contributed by atoms with E-state index in [0.29, 0.717) is 5.95 Å². The van der Waals surface area contributed by atoms with Crippen molar-refractivity contribution in [3.8, 4) is 5.69 Å². The lowest BCUT2D eigenvalue weighted by molar-refractivity contribution is 1.09. The Labute approximate surface area is 120 Å². The van der Waals surface area contributed by atoms with Gasteiger partial charge >= 0.3 is 0 Å². The molecule has 96 valence electrons. The summed E-state index contributed by atoms with van der Waals surface area (Å²) in [5.41, 5.74) is 11.5. The number of para-hydroxylation sites is 1. The lowest BCUT2D eigenvalue weighted by Crippen LogP contribution is -2.02. The minimum absolute atomic E-state index is 0.523. The predicted molar refractivity (Wildman–Crippen MR) is 82.7 cm³/mol. The average Bonchev–Trinajstić information content (AvgIpc) is 2.68. The third kappa shape index (κ3) is 1.92. The first-order valence-electron chi connectivity index (χ1n) is 6.08. The Hall–Kier alpha value is -1.81. The van der Waals surface area contributed by atoms with Gasteiger partial charge in [-0.15, -0.1) is 0 Å². The molecule has 0 saturated carbocycles. The fourth-order valence-corrected chi connectivity index (χ4v) is 2.86. The van der Waals surface area contributed by atoms with Crippen LogP contribution in [0.5, 0.6) is 0 Å². The summed E-state index contributed by atoms with van der Waals surface area (Å²) in [6, 6.07) is 12.3. The number of nitrogens with two attached hydrogens (primary N) is 1. The Morgan fingerprint density at radius 3 is 2.63 bits per heavy atom. The van der Waals surface area contributed by atoms with E-state index in [1.54, 1.807) is 0 Å². The van der Waals surface area contributed by atoms with Gasteiger partial charge in [-0.25, -0.2) is 4.98 Å². The molecule has 0 unspecified atom stereocenters. The molecular formula is C15H14BrN3. The molecule has 19 heavy (non-hydrogen) atoms. The normalized spacial score (nSPS) is 11.1. The van der Waals surface area contributed by atoms with Crippen molar-refractivity contribution in [1.29, 1.82) is 0 Å². The maximum atomic E-state index is 6.10. The van der Waals surface area contributed by atoms with E-state index in [9.17, 15) is 0 Å². The second kappa shape index (κ2) is 4.38. The van der Waals surface area contributed by atoms with Crippen LogP contribution in [0.3, 0.4) is 0 Å². The van der Waals surface area contributed by atoms with E-state index in [-0.39, 0.29) is 0 Å². The minimum Gasteiger partial charge on any atom is -0.369 e. The van der Waals surface area contributed by atoms with E-state index in [2.05, 4.69) is 40.0 Å². The molecule has 1 heterocycles. The van der Waals surface area contributed by atoms with Crippen LogP contribution in [0.4, 0.5) is 5.95 Å². The van der Waals surface area contributed by atoms with Crippen molar-refractivity contribution in [2.45, 2.75) is 13.8 Å². The van der Waals surface area contributed by atoms with Gasteiger partial charge in [0.2, 0.25) is 5.95 Å². The van der Waals surface area contributed by atoms with Gasteiger partial charge in [0.1, 0.15) is 0 Å². The van der Waals surface area contributed by atoms with Gasteiger partial charge in [0.25, 0.3) is 0 Å². The SMILES string of the molecule is Cc1cc(Br)ccc1-n1c(N)nc2c(C)cccc21. The van der Waals surface area contributed by atoms with Gasteiger partial charge in [0.15, 0.2) is 0 Å². The van der Waals surface area contributed by atoms with E-state index < -0.39 is 0 Å². The summed E-state index contributed by atoms with van der Waals surface area (Å²) >= 11 is 3.48. The molecule has 0 aliphatic heterocycles. The van der Waals surface area contributed by atoms with Gasteiger partial charge in [-0.1, -0.05) is 28.1 Å². The molecule has 0 aliphatic carbocycles. The van der Waals surface area contributed by atoms with Crippen molar-refractivity contribution in [2.24, 2.45) is 0 Å². The van der Waals surface area contributed by atoms with E-state index in [1.165, 1.54) is 0 Å². The summed E-state index contributed by atoms with van der Waals surface area (Å²) in [6.45, 7) is 4.12. The molecule has 1 aromatic heterocycles. The zero-order valence-corrected chi connectivity index (χ0v) is 12.4. The zero-order chi connectivity index (χ0) is 13.6. The highest BCUT2D eigenvalue weighted by Crippen LogP contribution is 2.28. The molecule has 3 nitrogen and oxygen atoms in total. The first-order valence-corrected chi connectivity index (χ1v) is 6.87. The number of aryl methyl sites for hydroxylation is 2. The summed E-state index contributed by atoms with van der Waals surface area (Å²) in [4.78, 5) is 4.48. The van der Waals surface area contributed by atoms with Crippen molar-refractivity contribution in [3.63, 3.8) is 0 Å². The van der Waals surface area contributed by atoms with Crippen LogP contribution < -0.4 is 5.73 Å². The highest BCUT2D eigenvalue weighted by molar-refractivity contribution is 9.10. The molecule has 0 radical (unpaired) electrons. The fraction of sp³-hybridized carbons (Fsp3) is 0.133. The van der Waals surface area contributed by atoms with Crippen LogP contribution in [0.25, 0.3) is 16.7 Å². The maximum Gasteiger partial charge on any atom is 0.205 e. The molecule has 0 atom stereocenters. The first-order chi connectivity index (χ1) is 9.08. The summed E-state index contributed by atoms with van der Waals surface area (Å²) in [6.07, 6.45) is 0. The lowest BCUT2D eigenvalue weighted by Gasteiger charge is -2.10. The van der Waals surface area contributed by atoms with Crippen molar-refractivity contribution in [1.82, 2.24) is 9.55 Å². The van der Waals surface area contributed by atoms with Crippen molar-refractivity contribution in [2.75, 3.05) is 5.73 Å². The lowest BCUT2D eigenvalue weighted by atomic mass is 10.1. The van der Waals surface area contributed by atoms with Crippen LogP contribution >= 0.6 is 15.9 Å². The molecule has 3 rings (SSSR count). The summed E-state index contributed by atoms with van der Waals surface area (Å²) in [7, 11) is 0. The molecule has 0 bridgehead atoms. The van der Waals surface area contributed by atoms with Crippen molar-refractivity contribution in [3.05, 3.63) is 52.0 Å². The van der Waals surface area contributed by atoms with Gasteiger partial charge in [-0.2, -0.15) is 0 Å². The molecule has 0 saturated heterocycles. The van der Waals surface area contributed by atoms with Crippen molar-refractivity contribution >= 4 is 32.9 Å². The third-order valence-corrected chi connectivity index (χ3v) is 3.81. The number of hydrogen-bond acceptors (Lipinski definition) is 2. The number of halogens is 1. The Morgan fingerprint density at radius 1 is 1.11 bits per heavy atom. The number of rotatable bonds is 1. The molecular weight excluding hydrogens is 302 g/mol. The van der Waals surface area contributed by atoms with Gasteiger partial charge in [-0.05, 0) is 49.2 Å². The number of nitrogens with zero attached hydrogens (tertiary/aromatic N) is 2. The number of nitrogen functional groups attached to an aromatic ring is 1. The van der Waals surface area contributed by atoms with E-state index in [4.69, 9.17) is 5.73 Å². The number of benzene rings is 2.